The van der Waals surface area contributed by atoms with E-state index in [1.54, 1.807) is 0 Å². The summed E-state index contributed by atoms with van der Waals surface area (Å²) in [5.74, 6) is 1.78. The van der Waals surface area contributed by atoms with E-state index < -0.39 is 0 Å². The number of likely N-dealkylation sites (tertiary alicyclic amines) is 1. The highest BCUT2D eigenvalue weighted by atomic mass is 15.2. The highest BCUT2D eigenvalue weighted by Crippen LogP contribution is 2.34. The molecule has 2 heteroatoms. The van der Waals surface area contributed by atoms with Crippen molar-refractivity contribution in [2.75, 3.05) is 6.54 Å². The third-order valence-corrected chi connectivity index (χ3v) is 3.70. The molecular weight excluding hydrogens is 160 g/mol. The zero-order valence-corrected chi connectivity index (χ0v) is 8.55. The smallest absolute Gasteiger partial charge is 0.0960 e. The van der Waals surface area contributed by atoms with E-state index in [0.29, 0.717) is 0 Å². The minimum Gasteiger partial charge on any atom is -0.357 e. The Bertz CT molecular complexity index is 200. The average molecular weight is 180 g/mol. The molecule has 0 bridgehead atoms. The molecule has 0 spiro atoms. The van der Waals surface area contributed by atoms with E-state index in [2.05, 4.69) is 11.8 Å². The fourth-order valence-corrected chi connectivity index (χ4v) is 2.97. The van der Waals surface area contributed by atoms with Crippen LogP contribution in [0, 0.1) is 11.3 Å². The SMILES string of the molecule is CCC1CCCC1N1CCCC1=N. The Labute approximate surface area is 80.8 Å². The second-order valence-electron chi connectivity index (χ2n) is 4.41. The number of hydrogen-bond donors (Lipinski definition) is 1. The van der Waals surface area contributed by atoms with Crippen LogP contribution in [0.1, 0.15) is 45.4 Å². The van der Waals surface area contributed by atoms with Crippen molar-refractivity contribution in [2.45, 2.75) is 51.5 Å². The fraction of sp³-hybridized carbons (Fsp3) is 0.909. The summed E-state index contributed by atoms with van der Waals surface area (Å²) >= 11 is 0. The lowest BCUT2D eigenvalue weighted by Crippen LogP contribution is -2.38. The van der Waals surface area contributed by atoms with Crippen LogP contribution in [-0.2, 0) is 0 Å². The van der Waals surface area contributed by atoms with Gasteiger partial charge in [-0.25, -0.2) is 0 Å². The normalized spacial score (nSPS) is 34.5. The van der Waals surface area contributed by atoms with E-state index >= 15 is 0 Å². The first-order valence-corrected chi connectivity index (χ1v) is 5.67. The Morgan fingerprint density at radius 1 is 1.38 bits per heavy atom. The van der Waals surface area contributed by atoms with Crippen molar-refractivity contribution in [3.8, 4) is 0 Å². The monoisotopic (exact) mass is 180 g/mol. The van der Waals surface area contributed by atoms with E-state index in [1.807, 2.05) is 0 Å². The van der Waals surface area contributed by atoms with Gasteiger partial charge in [-0.05, 0) is 25.2 Å². The predicted molar refractivity (Wildman–Crippen MR) is 55.1 cm³/mol. The topological polar surface area (TPSA) is 27.1 Å². The molecule has 0 aromatic carbocycles. The van der Waals surface area contributed by atoms with Gasteiger partial charge in [-0.3, -0.25) is 5.41 Å². The van der Waals surface area contributed by atoms with Crippen LogP contribution in [0.15, 0.2) is 0 Å². The molecule has 2 fully saturated rings. The number of nitrogens with one attached hydrogen (secondary N) is 1. The van der Waals surface area contributed by atoms with Gasteiger partial charge in [-0.2, -0.15) is 0 Å². The summed E-state index contributed by atoms with van der Waals surface area (Å²) in [6.45, 7) is 3.45. The second-order valence-corrected chi connectivity index (χ2v) is 4.41. The minimum absolute atomic E-state index is 0.722. The number of amidine groups is 1. The molecule has 0 amide bonds. The Hall–Kier alpha value is -0.530. The van der Waals surface area contributed by atoms with Gasteiger partial charge in [0.25, 0.3) is 0 Å². The number of nitrogens with zero attached hydrogens (tertiary/aromatic N) is 1. The van der Waals surface area contributed by atoms with Crippen molar-refractivity contribution < 1.29 is 0 Å². The maximum atomic E-state index is 7.86. The standard InChI is InChI=1S/C11H20N2/c1-2-9-5-3-6-10(9)13-8-4-7-11(13)12/h9-10,12H,2-8H2,1H3. The molecule has 1 aliphatic carbocycles. The predicted octanol–water partition coefficient (Wildman–Crippen LogP) is 2.64. The number of hydrogen-bond acceptors (Lipinski definition) is 1. The molecule has 1 heterocycles. The third kappa shape index (κ3) is 1.59. The molecule has 2 aliphatic rings. The van der Waals surface area contributed by atoms with Crippen LogP contribution in [0.4, 0.5) is 0 Å². The molecule has 0 radical (unpaired) electrons. The minimum atomic E-state index is 0.722. The van der Waals surface area contributed by atoms with Crippen molar-refractivity contribution in [3.05, 3.63) is 0 Å². The first-order chi connectivity index (χ1) is 6.33. The van der Waals surface area contributed by atoms with E-state index in [1.165, 1.54) is 32.1 Å². The van der Waals surface area contributed by atoms with Gasteiger partial charge in [-0.1, -0.05) is 19.8 Å². The Kier molecular flexibility index (Phi) is 2.56. The number of rotatable bonds is 2. The molecule has 2 rings (SSSR count). The van der Waals surface area contributed by atoms with Gasteiger partial charge in [0.15, 0.2) is 0 Å². The van der Waals surface area contributed by atoms with E-state index in [-0.39, 0.29) is 0 Å². The summed E-state index contributed by atoms with van der Waals surface area (Å²) in [7, 11) is 0. The lowest BCUT2D eigenvalue weighted by atomic mass is 9.99. The summed E-state index contributed by atoms with van der Waals surface area (Å²) in [6, 6.07) is 0.722. The second kappa shape index (κ2) is 3.69. The lowest BCUT2D eigenvalue weighted by Gasteiger charge is -2.30. The van der Waals surface area contributed by atoms with Crippen molar-refractivity contribution in [2.24, 2.45) is 5.92 Å². The molecular formula is C11H20N2. The molecule has 2 atom stereocenters. The largest absolute Gasteiger partial charge is 0.357 e. The van der Waals surface area contributed by atoms with Crippen LogP contribution in [0.3, 0.4) is 0 Å². The van der Waals surface area contributed by atoms with Crippen molar-refractivity contribution >= 4 is 5.84 Å². The third-order valence-electron chi connectivity index (χ3n) is 3.70. The summed E-state index contributed by atoms with van der Waals surface area (Å²) in [5, 5.41) is 7.86. The molecule has 13 heavy (non-hydrogen) atoms. The van der Waals surface area contributed by atoms with Crippen LogP contribution in [0.5, 0.6) is 0 Å². The first-order valence-electron chi connectivity index (χ1n) is 5.67. The summed E-state index contributed by atoms with van der Waals surface area (Å²) in [5.41, 5.74) is 0. The molecule has 0 aromatic rings. The van der Waals surface area contributed by atoms with Gasteiger partial charge in [0.1, 0.15) is 0 Å². The van der Waals surface area contributed by atoms with E-state index in [0.717, 1.165) is 30.8 Å². The summed E-state index contributed by atoms with van der Waals surface area (Å²) in [4.78, 5) is 2.38. The fourth-order valence-electron chi connectivity index (χ4n) is 2.97. The van der Waals surface area contributed by atoms with Crippen LogP contribution in [-0.4, -0.2) is 23.3 Å². The molecule has 1 saturated heterocycles. The van der Waals surface area contributed by atoms with Gasteiger partial charge >= 0.3 is 0 Å². The van der Waals surface area contributed by atoms with Gasteiger partial charge < -0.3 is 4.90 Å². The van der Waals surface area contributed by atoms with Crippen LogP contribution >= 0.6 is 0 Å². The van der Waals surface area contributed by atoms with Gasteiger partial charge in [0.2, 0.25) is 0 Å². The zero-order chi connectivity index (χ0) is 9.26. The van der Waals surface area contributed by atoms with Crippen molar-refractivity contribution in [1.82, 2.24) is 4.90 Å². The molecule has 1 saturated carbocycles. The van der Waals surface area contributed by atoms with Crippen LogP contribution in [0.25, 0.3) is 0 Å². The first kappa shape index (κ1) is 9.04. The van der Waals surface area contributed by atoms with Gasteiger partial charge in [0.05, 0.1) is 5.84 Å². The molecule has 74 valence electrons. The highest BCUT2D eigenvalue weighted by molar-refractivity contribution is 5.81. The Balaban J connectivity index is 2.02. The Morgan fingerprint density at radius 2 is 2.23 bits per heavy atom. The van der Waals surface area contributed by atoms with Crippen molar-refractivity contribution in [1.29, 1.82) is 5.41 Å². The summed E-state index contributed by atoms with van der Waals surface area (Å²) in [6.07, 6.45) is 7.64. The quantitative estimate of drug-likeness (QED) is 0.695. The Morgan fingerprint density at radius 3 is 2.85 bits per heavy atom. The molecule has 0 aromatic heterocycles. The van der Waals surface area contributed by atoms with Crippen LogP contribution < -0.4 is 0 Å². The molecule has 2 unspecified atom stereocenters. The van der Waals surface area contributed by atoms with Crippen molar-refractivity contribution in [3.63, 3.8) is 0 Å². The lowest BCUT2D eigenvalue weighted by molar-refractivity contribution is 0.264. The average Bonchev–Trinajstić information content (AvgIpc) is 2.71. The molecule has 1 N–H and O–H groups in total. The van der Waals surface area contributed by atoms with Gasteiger partial charge in [0, 0.05) is 19.0 Å². The van der Waals surface area contributed by atoms with E-state index in [4.69, 9.17) is 5.41 Å². The molecule has 1 aliphatic heterocycles. The zero-order valence-electron chi connectivity index (χ0n) is 8.55. The maximum absolute atomic E-state index is 7.86. The maximum Gasteiger partial charge on any atom is 0.0960 e. The van der Waals surface area contributed by atoms with Gasteiger partial charge in [-0.15, -0.1) is 0 Å². The summed E-state index contributed by atoms with van der Waals surface area (Å²) < 4.78 is 0. The van der Waals surface area contributed by atoms with Crippen LogP contribution in [0.2, 0.25) is 0 Å². The molecule has 2 nitrogen and oxygen atoms in total. The highest BCUT2D eigenvalue weighted by Gasteiger charge is 2.33. The van der Waals surface area contributed by atoms with E-state index in [9.17, 15) is 0 Å².